The van der Waals surface area contributed by atoms with E-state index in [0.29, 0.717) is 17.9 Å². The standard InChI is InChI=1S/C27H25N3O3/c1-19-12-13-24(20(2)14-19)30-26(31)18-33-25-11-7-6-10-22(25)15-23(16-28)27(32)29-17-21-8-4-3-5-9-21/h3-15H,17-18H2,1-2H3,(H,29,32)(H,30,31)/b23-15+. The SMILES string of the molecule is Cc1ccc(NC(=O)COc2ccccc2/C=C(\C#N)C(=O)NCc2ccccc2)c(C)c1. The number of nitriles is 1. The Balaban J connectivity index is 1.65. The lowest BCUT2D eigenvalue weighted by Crippen LogP contribution is -2.24. The molecule has 0 saturated heterocycles. The molecular formula is C27H25N3O3. The van der Waals surface area contributed by atoms with Crippen LogP contribution in [0.3, 0.4) is 0 Å². The molecule has 0 bridgehead atoms. The first-order valence-corrected chi connectivity index (χ1v) is 10.5. The Hall–Kier alpha value is -4.37. The monoisotopic (exact) mass is 439 g/mol. The molecule has 0 aliphatic heterocycles. The fraction of sp³-hybridized carbons (Fsp3) is 0.148. The first-order valence-electron chi connectivity index (χ1n) is 10.5. The fourth-order valence-corrected chi connectivity index (χ4v) is 3.19. The molecule has 0 atom stereocenters. The lowest BCUT2D eigenvalue weighted by Gasteiger charge is -2.12. The van der Waals surface area contributed by atoms with Crippen LogP contribution in [0.25, 0.3) is 6.08 Å². The molecule has 6 heteroatoms. The first-order chi connectivity index (χ1) is 16.0. The van der Waals surface area contributed by atoms with Gasteiger partial charge in [-0.25, -0.2) is 0 Å². The summed E-state index contributed by atoms with van der Waals surface area (Å²) < 4.78 is 5.69. The zero-order valence-corrected chi connectivity index (χ0v) is 18.6. The minimum absolute atomic E-state index is 0.0540. The van der Waals surface area contributed by atoms with Crippen molar-refractivity contribution in [1.29, 1.82) is 5.26 Å². The summed E-state index contributed by atoms with van der Waals surface area (Å²) in [5.41, 5.74) is 4.21. The van der Waals surface area contributed by atoms with Crippen LogP contribution in [0.15, 0.2) is 78.4 Å². The van der Waals surface area contributed by atoms with Gasteiger partial charge in [0.25, 0.3) is 11.8 Å². The normalized spacial score (nSPS) is 10.8. The zero-order valence-electron chi connectivity index (χ0n) is 18.6. The average molecular weight is 440 g/mol. The minimum Gasteiger partial charge on any atom is -0.483 e. The van der Waals surface area contributed by atoms with Gasteiger partial charge in [-0.1, -0.05) is 66.2 Å². The van der Waals surface area contributed by atoms with Crippen LogP contribution < -0.4 is 15.4 Å². The topological polar surface area (TPSA) is 91.2 Å². The molecule has 3 rings (SSSR count). The molecule has 0 spiro atoms. The predicted octanol–water partition coefficient (Wildman–Crippen LogP) is 4.54. The number of benzene rings is 3. The molecule has 3 aromatic rings. The van der Waals surface area contributed by atoms with E-state index in [2.05, 4.69) is 10.6 Å². The number of carbonyl (C=O) groups is 2. The number of hydrogen-bond donors (Lipinski definition) is 2. The maximum absolute atomic E-state index is 12.5. The van der Waals surface area contributed by atoms with Crippen LogP contribution in [0.1, 0.15) is 22.3 Å². The third-order valence-corrected chi connectivity index (χ3v) is 4.89. The molecule has 0 unspecified atom stereocenters. The number of nitrogens with zero attached hydrogens (tertiary/aromatic N) is 1. The van der Waals surface area contributed by atoms with Crippen molar-refractivity contribution in [2.24, 2.45) is 0 Å². The quantitative estimate of drug-likeness (QED) is 0.398. The molecule has 2 N–H and O–H groups in total. The summed E-state index contributed by atoms with van der Waals surface area (Å²) in [5, 5.41) is 15.1. The van der Waals surface area contributed by atoms with Crippen molar-refractivity contribution in [2.75, 3.05) is 11.9 Å². The Labute approximate surface area is 193 Å². The van der Waals surface area contributed by atoms with Crippen LogP contribution >= 0.6 is 0 Å². The van der Waals surface area contributed by atoms with Gasteiger partial charge in [-0.15, -0.1) is 0 Å². The number of ether oxygens (including phenoxy) is 1. The van der Waals surface area contributed by atoms with E-state index in [4.69, 9.17) is 4.74 Å². The largest absolute Gasteiger partial charge is 0.483 e. The Morgan fingerprint density at radius 1 is 1.00 bits per heavy atom. The third-order valence-electron chi connectivity index (χ3n) is 4.89. The maximum atomic E-state index is 12.5. The van der Waals surface area contributed by atoms with Crippen molar-refractivity contribution in [1.82, 2.24) is 5.32 Å². The van der Waals surface area contributed by atoms with Crippen LogP contribution in [0, 0.1) is 25.2 Å². The van der Waals surface area contributed by atoms with E-state index in [-0.39, 0.29) is 18.1 Å². The molecule has 0 aliphatic rings. The van der Waals surface area contributed by atoms with E-state index in [1.54, 1.807) is 24.3 Å². The summed E-state index contributed by atoms with van der Waals surface area (Å²) in [4.78, 5) is 24.9. The molecule has 3 aromatic carbocycles. The van der Waals surface area contributed by atoms with Gasteiger partial charge in [0.05, 0.1) is 0 Å². The fourth-order valence-electron chi connectivity index (χ4n) is 3.19. The second kappa shape index (κ2) is 11.3. The number of rotatable bonds is 8. The van der Waals surface area contributed by atoms with Gasteiger partial charge in [0.2, 0.25) is 0 Å². The molecular weight excluding hydrogens is 414 g/mol. The summed E-state index contributed by atoms with van der Waals surface area (Å²) in [6.45, 7) is 4.02. The highest BCUT2D eigenvalue weighted by Gasteiger charge is 2.12. The van der Waals surface area contributed by atoms with Crippen molar-refractivity contribution in [3.63, 3.8) is 0 Å². The number of para-hydroxylation sites is 1. The van der Waals surface area contributed by atoms with Gasteiger partial charge in [0.15, 0.2) is 6.61 Å². The molecule has 0 aromatic heterocycles. The molecule has 166 valence electrons. The Morgan fingerprint density at radius 3 is 2.45 bits per heavy atom. The molecule has 6 nitrogen and oxygen atoms in total. The van der Waals surface area contributed by atoms with Gasteiger partial charge in [0.1, 0.15) is 17.4 Å². The van der Waals surface area contributed by atoms with Gasteiger partial charge in [0, 0.05) is 17.8 Å². The number of nitrogens with one attached hydrogen (secondary N) is 2. The van der Waals surface area contributed by atoms with Crippen molar-refractivity contribution in [3.05, 3.63) is 101 Å². The van der Waals surface area contributed by atoms with E-state index in [9.17, 15) is 14.9 Å². The van der Waals surface area contributed by atoms with Crippen LogP contribution in [0.4, 0.5) is 5.69 Å². The predicted molar refractivity (Wildman–Crippen MR) is 128 cm³/mol. The van der Waals surface area contributed by atoms with Crippen LogP contribution in [-0.2, 0) is 16.1 Å². The van der Waals surface area contributed by atoms with E-state index in [1.807, 2.05) is 68.4 Å². The van der Waals surface area contributed by atoms with Crippen LogP contribution in [0.2, 0.25) is 0 Å². The van der Waals surface area contributed by atoms with Gasteiger partial charge in [-0.2, -0.15) is 5.26 Å². The maximum Gasteiger partial charge on any atom is 0.262 e. The van der Waals surface area contributed by atoms with Gasteiger partial charge < -0.3 is 15.4 Å². The molecule has 0 saturated carbocycles. The number of hydrogen-bond acceptors (Lipinski definition) is 4. The molecule has 33 heavy (non-hydrogen) atoms. The minimum atomic E-state index is -0.483. The second-order valence-electron chi connectivity index (χ2n) is 7.53. The zero-order chi connectivity index (χ0) is 23.6. The third kappa shape index (κ3) is 6.81. The molecule has 0 aliphatic carbocycles. The molecule has 0 fully saturated rings. The smallest absolute Gasteiger partial charge is 0.262 e. The lowest BCUT2D eigenvalue weighted by atomic mass is 10.1. The van der Waals surface area contributed by atoms with Gasteiger partial charge in [-0.3, -0.25) is 9.59 Å². The van der Waals surface area contributed by atoms with E-state index in [1.165, 1.54) is 6.08 Å². The number of amides is 2. The Morgan fingerprint density at radius 2 is 1.73 bits per heavy atom. The summed E-state index contributed by atoms with van der Waals surface area (Å²) >= 11 is 0. The summed E-state index contributed by atoms with van der Waals surface area (Å²) in [7, 11) is 0. The molecule has 0 radical (unpaired) electrons. The average Bonchev–Trinajstić information content (AvgIpc) is 2.82. The van der Waals surface area contributed by atoms with E-state index >= 15 is 0 Å². The lowest BCUT2D eigenvalue weighted by molar-refractivity contribution is -0.118. The Bertz CT molecular complexity index is 1210. The first kappa shape index (κ1) is 23.3. The highest BCUT2D eigenvalue weighted by atomic mass is 16.5. The van der Waals surface area contributed by atoms with E-state index < -0.39 is 5.91 Å². The number of anilines is 1. The highest BCUT2D eigenvalue weighted by molar-refractivity contribution is 6.02. The van der Waals surface area contributed by atoms with Crippen molar-refractivity contribution in [3.8, 4) is 11.8 Å². The molecule has 2 amide bonds. The van der Waals surface area contributed by atoms with Gasteiger partial charge >= 0.3 is 0 Å². The summed E-state index contributed by atoms with van der Waals surface area (Å²) in [5.74, 6) is -0.387. The van der Waals surface area contributed by atoms with Crippen molar-refractivity contribution in [2.45, 2.75) is 20.4 Å². The van der Waals surface area contributed by atoms with Gasteiger partial charge in [-0.05, 0) is 43.2 Å². The summed E-state index contributed by atoms with van der Waals surface area (Å²) in [6, 6.07) is 24.1. The number of aryl methyl sites for hydroxylation is 2. The Kier molecular flexibility index (Phi) is 7.98. The van der Waals surface area contributed by atoms with Crippen molar-refractivity contribution >= 4 is 23.6 Å². The van der Waals surface area contributed by atoms with E-state index in [0.717, 1.165) is 22.4 Å². The molecule has 0 heterocycles. The van der Waals surface area contributed by atoms with Crippen LogP contribution in [-0.4, -0.2) is 18.4 Å². The van der Waals surface area contributed by atoms with Crippen molar-refractivity contribution < 1.29 is 14.3 Å². The van der Waals surface area contributed by atoms with Crippen LogP contribution in [0.5, 0.6) is 5.75 Å². The second-order valence-corrected chi connectivity index (χ2v) is 7.53. The summed E-state index contributed by atoms with van der Waals surface area (Å²) in [6.07, 6.45) is 1.46. The highest BCUT2D eigenvalue weighted by Crippen LogP contribution is 2.22. The number of carbonyl (C=O) groups excluding carboxylic acids is 2.